The number of para-hydroxylation sites is 1. The van der Waals surface area contributed by atoms with Crippen LogP contribution in [0.1, 0.15) is 34.6 Å². The van der Waals surface area contributed by atoms with Gasteiger partial charge in [-0.2, -0.15) is 5.01 Å². The third-order valence-corrected chi connectivity index (χ3v) is 5.60. The molecule has 1 aromatic heterocycles. The summed E-state index contributed by atoms with van der Waals surface area (Å²) < 4.78 is 11.0. The van der Waals surface area contributed by atoms with Crippen LogP contribution in [0.15, 0.2) is 90.0 Å². The van der Waals surface area contributed by atoms with Crippen molar-refractivity contribution in [3.8, 4) is 11.3 Å². The van der Waals surface area contributed by atoms with Crippen LogP contribution >= 0.6 is 0 Å². The van der Waals surface area contributed by atoms with Crippen LogP contribution < -0.4 is 0 Å². The van der Waals surface area contributed by atoms with E-state index in [0.29, 0.717) is 17.0 Å². The molecule has 7 nitrogen and oxygen atoms in total. The Bertz CT molecular complexity index is 1420. The number of amides is 1. The van der Waals surface area contributed by atoms with Crippen molar-refractivity contribution in [3.63, 3.8) is 0 Å². The molecular formula is C27H21N3O4. The number of nitrogens with zero attached hydrogens (tertiary/aromatic N) is 3. The minimum Gasteiger partial charge on any atom is -0.465 e. The van der Waals surface area contributed by atoms with Gasteiger partial charge in [0.25, 0.3) is 0 Å². The summed E-state index contributed by atoms with van der Waals surface area (Å²) in [5, 5.41) is 6.67. The van der Waals surface area contributed by atoms with Crippen LogP contribution in [0.2, 0.25) is 0 Å². The number of fused-ring (bicyclic) bond motifs is 1. The number of carbonyl (C=O) groups is 2. The van der Waals surface area contributed by atoms with Crippen molar-refractivity contribution in [1.82, 2.24) is 9.99 Å². The Kier molecular flexibility index (Phi) is 5.51. The largest absolute Gasteiger partial charge is 0.465 e. The maximum Gasteiger partial charge on any atom is 0.337 e. The number of hydrazone groups is 1. The normalized spacial score (nSPS) is 15.1. The molecule has 0 bridgehead atoms. The second kappa shape index (κ2) is 8.78. The van der Waals surface area contributed by atoms with Crippen LogP contribution in [0.3, 0.4) is 0 Å². The van der Waals surface area contributed by atoms with Crippen LogP contribution in [0.4, 0.5) is 0 Å². The van der Waals surface area contributed by atoms with Gasteiger partial charge in [-0.1, -0.05) is 48.5 Å². The first-order valence-electron chi connectivity index (χ1n) is 10.7. The monoisotopic (exact) mass is 451 g/mol. The summed E-state index contributed by atoms with van der Waals surface area (Å²) in [4.78, 5) is 29.1. The Balaban J connectivity index is 1.58. The fourth-order valence-corrected chi connectivity index (χ4v) is 3.92. The van der Waals surface area contributed by atoms with E-state index in [9.17, 15) is 9.59 Å². The van der Waals surface area contributed by atoms with E-state index in [-0.39, 0.29) is 5.91 Å². The van der Waals surface area contributed by atoms with Crippen molar-refractivity contribution < 1.29 is 19.1 Å². The highest BCUT2D eigenvalue weighted by molar-refractivity contribution is 5.98. The van der Waals surface area contributed by atoms with Gasteiger partial charge in [0.1, 0.15) is 0 Å². The fraction of sp³-hybridized carbons (Fsp3) is 0.111. The molecule has 1 atom stereocenters. The zero-order valence-corrected chi connectivity index (χ0v) is 18.6. The molecule has 0 radical (unpaired) electrons. The molecule has 0 saturated heterocycles. The van der Waals surface area contributed by atoms with Crippen molar-refractivity contribution >= 4 is 28.7 Å². The molecular weight excluding hydrogens is 430 g/mol. The van der Waals surface area contributed by atoms with E-state index in [4.69, 9.17) is 14.5 Å². The number of ether oxygens (including phenoxy) is 2. The molecule has 5 rings (SSSR count). The third-order valence-electron chi connectivity index (χ3n) is 5.60. The van der Waals surface area contributed by atoms with Gasteiger partial charge in [-0.25, -0.2) is 9.78 Å². The van der Waals surface area contributed by atoms with Crippen molar-refractivity contribution in [2.24, 2.45) is 5.10 Å². The van der Waals surface area contributed by atoms with Crippen LogP contribution in [0, 0.1) is 0 Å². The average molecular weight is 451 g/mol. The minimum absolute atomic E-state index is 0.256. The zero-order valence-electron chi connectivity index (χ0n) is 18.6. The van der Waals surface area contributed by atoms with Crippen LogP contribution in [-0.2, 0) is 14.3 Å². The summed E-state index contributed by atoms with van der Waals surface area (Å²) in [7, 11) is 1.33. The fourth-order valence-electron chi connectivity index (χ4n) is 3.92. The number of methoxy groups -OCH3 is 1. The van der Waals surface area contributed by atoms with Gasteiger partial charge in [0, 0.05) is 29.0 Å². The second-order valence-electron chi connectivity index (χ2n) is 7.79. The van der Waals surface area contributed by atoms with Crippen LogP contribution in [0.5, 0.6) is 0 Å². The molecule has 4 aromatic rings. The molecule has 34 heavy (non-hydrogen) atoms. The molecule has 1 aliphatic rings. The van der Waals surface area contributed by atoms with E-state index in [1.54, 1.807) is 24.3 Å². The lowest BCUT2D eigenvalue weighted by molar-refractivity contribution is -0.135. The Morgan fingerprint density at radius 3 is 2.32 bits per heavy atom. The van der Waals surface area contributed by atoms with Gasteiger partial charge in [-0.05, 0) is 36.4 Å². The standard InChI is InChI=1S/C27H21N3O4/c1-17(31)30-26(34-25(29-30)19-12-14-20(15-13-19)27(32)33-2)22-16-24(18-8-4-3-5-9-18)28-23-11-7-6-10-21(22)23/h3-16,26H,1-2H3/t26-/m0/s1. The lowest BCUT2D eigenvalue weighted by atomic mass is 10.0. The molecule has 0 spiro atoms. The summed E-state index contributed by atoms with van der Waals surface area (Å²) in [5.41, 5.74) is 4.37. The van der Waals surface area contributed by atoms with Gasteiger partial charge in [-0.15, -0.1) is 5.10 Å². The summed E-state index contributed by atoms with van der Waals surface area (Å²) in [6, 6.07) is 26.2. The predicted molar refractivity (Wildman–Crippen MR) is 128 cm³/mol. The average Bonchev–Trinajstić information content (AvgIpc) is 3.34. The number of aromatic nitrogens is 1. The van der Waals surface area contributed by atoms with Gasteiger partial charge in [0.2, 0.25) is 18.0 Å². The third kappa shape index (κ3) is 3.88. The molecule has 1 amide bonds. The second-order valence-corrected chi connectivity index (χ2v) is 7.79. The number of carbonyl (C=O) groups excluding carboxylic acids is 2. The van der Waals surface area contributed by atoms with E-state index in [2.05, 4.69) is 5.10 Å². The molecule has 2 heterocycles. The summed E-state index contributed by atoms with van der Waals surface area (Å²) in [6.45, 7) is 1.45. The van der Waals surface area contributed by atoms with E-state index in [0.717, 1.165) is 27.7 Å². The lowest BCUT2D eigenvalue weighted by Crippen LogP contribution is -2.25. The van der Waals surface area contributed by atoms with Crippen molar-refractivity contribution in [3.05, 3.63) is 102 Å². The highest BCUT2D eigenvalue weighted by Crippen LogP contribution is 2.36. The first kappa shape index (κ1) is 21.3. The Hall–Kier alpha value is -4.52. The number of benzene rings is 3. The Morgan fingerprint density at radius 2 is 1.62 bits per heavy atom. The number of esters is 1. The van der Waals surface area contributed by atoms with E-state index in [1.165, 1.54) is 19.0 Å². The maximum absolute atomic E-state index is 12.5. The van der Waals surface area contributed by atoms with Crippen molar-refractivity contribution in [2.45, 2.75) is 13.2 Å². The molecule has 0 saturated carbocycles. The molecule has 0 unspecified atom stereocenters. The Morgan fingerprint density at radius 1 is 0.912 bits per heavy atom. The first-order valence-corrected chi connectivity index (χ1v) is 10.7. The van der Waals surface area contributed by atoms with E-state index >= 15 is 0 Å². The number of pyridine rings is 1. The summed E-state index contributed by atoms with van der Waals surface area (Å²) >= 11 is 0. The quantitative estimate of drug-likeness (QED) is 0.411. The zero-order chi connectivity index (χ0) is 23.7. The van der Waals surface area contributed by atoms with Gasteiger partial charge < -0.3 is 9.47 Å². The summed E-state index contributed by atoms with van der Waals surface area (Å²) in [6.07, 6.45) is -0.761. The predicted octanol–water partition coefficient (Wildman–Crippen LogP) is 4.93. The van der Waals surface area contributed by atoms with E-state index in [1.807, 2.05) is 60.7 Å². The topological polar surface area (TPSA) is 81.1 Å². The molecule has 168 valence electrons. The molecule has 1 aliphatic heterocycles. The minimum atomic E-state index is -0.761. The molecule has 3 aromatic carbocycles. The smallest absolute Gasteiger partial charge is 0.337 e. The lowest BCUT2D eigenvalue weighted by Gasteiger charge is -2.21. The SMILES string of the molecule is COC(=O)c1ccc(C2=NN(C(C)=O)[C@H](c3cc(-c4ccccc4)nc4ccccc34)O2)cc1. The number of hydrogen-bond acceptors (Lipinski definition) is 6. The van der Waals surface area contributed by atoms with Gasteiger partial charge in [-0.3, -0.25) is 4.79 Å². The van der Waals surface area contributed by atoms with Crippen LogP contribution in [-0.4, -0.2) is 34.9 Å². The van der Waals surface area contributed by atoms with Crippen molar-refractivity contribution in [2.75, 3.05) is 7.11 Å². The number of rotatable bonds is 4. The van der Waals surface area contributed by atoms with Crippen molar-refractivity contribution in [1.29, 1.82) is 0 Å². The van der Waals surface area contributed by atoms with Gasteiger partial charge in [0.05, 0.1) is 23.9 Å². The molecule has 0 aliphatic carbocycles. The first-order chi connectivity index (χ1) is 16.5. The van der Waals surface area contributed by atoms with Gasteiger partial charge in [0.15, 0.2) is 0 Å². The highest BCUT2D eigenvalue weighted by atomic mass is 16.5. The van der Waals surface area contributed by atoms with E-state index < -0.39 is 12.2 Å². The Labute approximate surface area is 196 Å². The maximum atomic E-state index is 12.5. The summed E-state index contributed by atoms with van der Waals surface area (Å²) in [5.74, 6) is -0.395. The van der Waals surface area contributed by atoms with Gasteiger partial charge >= 0.3 is 5.97 Å². The highest BCUT2D eigenvalue weighted by Gasteiger charge is 2.34. The number of hydrogen-bond donors (Lipinski definition) is 0. The van der Waals surface area contributed by atoms with Crippen LogP contribution in [0.25, 0.3) is 22.2 Å². The molecule has 0 fully saturated rings. The molecule has 0 N–H and O–H groups in total. The molecule has 7 heteroatoms.